The van der Waals surface area contributed by atoms with Crippen molar-refractivity contribution in [1.29, 1.82) is 0 Å². The minimum absolute atomic E-state index is 0.101. The number of rotatable bonds is 7. The fourth-order valence-electron chi connectivity index (χ4n) is 3.77. The highest BCUT2D eigenvalue weighted by atomic mass is 35.5. The summed E-state index contributed by atoms with van der Waals surface area (Å²) in [6.07, 6.45) is 2.13. The first-order valence-electron chi connectivity index (χ1n) is 10.7. The number of hydrogen-bond donors (Lipinski definition) is 1. The van der Waals surface area contributed by atoms with Crippen LogP contribution < -0.4 is 14.8 Å². The Balaban J connectivity index is 1.34. The molecule has 5 rings (SSSR count). The molecule has 2 aliphatic heterocycles. The fraction of sp³-hybridized carbons (Fsp3) is 0.348. The third-order valence-electron chi connectivity index (χ3n) is 5.52. The van der Waals surface area contributed by atoms with Gasteiger partial charge in [-0.1, -0.05) is 23.4 Å². The van der Waals surface area contributed by atoms with Crippen molar-refractivity contribution in [3.8, 4) is 22.9 Å². The summed E-state index contributed by atoms with van der Waals surface area (Å²) in [7, 11) is 0. The minimum atomic E-state index is -0.402. The van der Waals surface area contributed by atoms with Crippen molar-refractivity contribution < 1.29 is 19.0 Å². The molecular weight excluding hydrogens is 464 g/mol. The van der Waals surface area contributed by atoms with Crippen LogP contribution in [0.3, 0.4) is 0 Å². The number of anilines is 1. The number of aromatic nitrogens is 3. The summed E-state index contributed by atoms with van der Waals surface area (Å²) in [4.78, 5) is 12.9. The summed E-state index contributed by atoms with van der Waals surface area (Å²) in [5.41, 5.74) is 1.56. The lowest BCUT2D eigenvalue weighted by molar-refractivity contribution is -0.115. The Morgan fingerprint density at radius 1 is 1.21 bits per heavy atom. The molecule has 172 valence electrons. The predicted octanol–water partition coefficient (Wildman–Crippen LogP) is 4.63. The first-order valence-corrected chi connectivity index (χ1v) is 12.0. The zero-order valence-electron chi connectivity index (χ0n) is 18.0. The Hall–Kier alpha value is -2.75. The molecule has 1 N–H and O–H groups in total. The summed E-state index contributed by atoms with van der Waals surface area (Å²) in [6, 6.07) is 12.8. The Kier molecular flexibility index (Phi) is 6.43. The quantitative estimate of drug-likeness (QED) is 0.487. The van der Waals surface area contributed by atoms with E-state index in [0.29, 0.717) is 33.9 Å². The molecule has 3 heterocycles. The van der Waals surface area contributed by atoms with Crippen LogP contribution in [0.4, 0.5) is 5.69 Å². The third kappa shape index (κ3) is 4.95. The molecule has 1 amide bonds. The first kappa shape index (κ1) is 22.1. The molecule has 2 aliphatic rings. The van der Waals surface area contributed by atoms with E-state index in [1.165, 1.54) is 11.8 Å². The average molecular weight is 487 g/mol. The van der Waals surface area contributed by atoms with E-state index in [2.05, 4.69) is 15.5 Å². The number of thioether (sulfide) groups is 1. The molecule has 0 aliphatic carbocycles. The number of nitrogens with zero attached hydrogens (tertiary/aromatic N) is 3. The van der Waals surface area contributed by atoms with Gasteiger partial charge in [0.2, 0.25) is 12.7 Å². The maximum absolute atomic E-state index is 12.9. The number of ether oxygens (including phenoxy) is 3. The van der Waals surface area contributed by atoms with Gasteiger partial charge in [-0.15, -0.1) is 10.2 Å². The van der Waals surface area contributed by atoms with E-state index in [0.717, 1.165) is 30.8 Å². The van der Waals surface area contributed by atoms with Gasteiger partial charge in [0.1, 0.15) is 0 Å². The standard InChI is InChI=1S/C23H23ClN4O4S/c1-14(22(29)25-17-8-9-19-20(11-17)32-13-31-19)33-23-27-26-21(15-4-6-16(24)7-5-15)28(23)12-18-3-2-10-30-18/h4-9,11,14,18H,2-3,10,12-13H2,1H3,(H,25,29)/t14-,18-/m1/s1. The van der Waals surface area contributed by atoms with Gasteiger partial charge >= 0.3 is 0 Å². The Morgan fingerprint density at radius 2 is 2.03 bits per heavy atom. The van der Waals surface area contributed by atoms with Crippen LogP contribution in [0.2, 0.25) is 5.02 Å². The number of halogens is 1. The molecule has 8 nitrogen and oxygen atoms in total. The second kappa shape index (κ2) is 9.62. The van der Waals surface area contributed by atoms with E-state index in [1.807, 2.05) is 35.8 Å². The van der Waals surface area contributed by atoms with Gasteiger partial charge in [0, 0.05) is 28.9 Å². The Labute approximate surface area is 200 Å². The summed E-state index contributed by atoms with van der Waals surface area (Å²) in [5.74, 6) is 1.89. The van der Waals surface area contributed by atoms with Crippen LogP contribution in [0, 0.1) is 0 Å². The molecule has 0 radical (unpaired) electrons. The molecule has 33 heavy (non-hydrogen) atoms. The van der Waals surface area contributed by atoms with E-state index in [-0.39, 0.29) is 18.8 Å². The molecule has 0 saturated carbocycles. The summed E-state index contributed by atoms with van der Waals surface area (Å²) in [6.45, 7) is 3.43. The molecule has 2 aromatic carbocycles. The smallest absolute Gasteiger partial charge is 0.237 e. The van der Waals surface area contributed by atoms with Crippen LogP contribution in [0.15, 0.2) is 47.6 Å². The molecule has 2 atom stereocenters. The summed E-state index contributed by atoms with van der Waals surface area (Å²) < 4.78 is 18.6. The number of carbonyl (C=O) groups excluding carboxylic acids is 1. The third-order valence-corrected chi connectivity index (χ3v) is 6.85. The van der Waals surface area contributed by atoms with Crippen molar-refractivity contribution in [3.63, 3.8) is 0 Å². The number of carbonyl (C=O) groups is 1. The van der Waals surface area contributed by atoms with Crippen molar-refractivity contribution >= 4 is 35.0 Å². The van der Waals surface area contributed by atoms with E-state index < -0.39 is 5.25 Å². The molecule has 1 aromatic heterocycles. The molecule has 10 heteroatoms. The topological polar surface area (TPSA) is 87.5 Å². The zero-order valence-corrected chi connectivity index (χ0v) is 19.6. The number of nitrogens with one attached hydrogen (secondary N) is 1. The maximum atomic E-state index is 12.9. The van der Waals surface area contributed by atoms with Gasteiger partial charge in [0.25, 0.3) is 0 Å². The number of benzene rings is 2. The molecule has 3 aromatic rings. The van der Waals surface area contributed by atoms with E-state index in [1.54, 1.807) is 18.2 Å². The van der Waals surface area contributed by atoms with Crippen LogP contribution >= 0.6 is 23.4 Å². The van der Waals surface area contributed by atoms with Gasteiger partial charge in [-0.25, -0.2) is 0 Å². The first-order chi connectivity index (χ1) is 16.1. The van der Waals surface area contributed by atoms with Crippen molar-refractivity contribution in [2.75, 3.05) is 18.7 Å². The van der Waals surface area contributed by atoms with Gasteiger partial charge in [-0.05, 0) is 56.2 Å². The molecular formula is C23H23ClN4O4S. The van der Waals surface area contributed by atoms with Gasteiger partial charge in [0.15, 0.2) is 22.5 Å². The van der Waals surface area contributed by atoms with E-state index in [4.69, 9.17) is 25.8 Å². The van der Waals surface area contributed by atoms with Crippen molar-refractivity contribution in [3.05, 3.63) is 47.5 Å². The predicted molar refractivity (Wildman–Crippen MR) is 126 cm³/mol. The second-order valence-corrected chi connectivity index (χ2v) is 9.62. The van der Waals surface area contributed by atoms with Gasteiger partial charge in [-0.2, -0.15) is 0 Å². The monoisotopic (exact) mass is 486 g/mol. The van der Waals surface area contributed by atoms with Gasteiger partial charge in [0.05, 0.1) is 17.9 Å². The molecule has 0 unspecified atom stereocenters. The van der Waals surface area contributed by atoms with Crippen molar-refractivity contribution in [1.82, 2.24) is 14.8 Å². The SMILES string of the molecule is C[C@@H](Sc1nnc(-c2ccc(Cl)cc2)n1C[C@H]1CCCO1)C(=O)Nc1ccc2c(c1)OCO2. The largest absolute Gasteiger partial charge is 0.454 e. The second-order valence-electron chi connectivity index (χ2n) is 7.88. The normalized spacial score (nSPS) is 17.8. The highest BCUT2D eigenvalue weighted by molar-refractivity contribution is 8.00. The number of fused-ring (bicyclic) bond motifs is 1. The minimum Gasteiger partial charge on any atom is -0.454 e. The summed E-state index contributed by atoms with van der Waals surface area (Å²) in [5, 5.41) is 12.7. The van der Waals surface area contributed by atoms with Crippen LogP contribution in [0.5, 0.6) is 11.5 Å². The van der Waals surface area contributed by atoms with E-state index in [9.17, 15) is 4.79 Å². The Bertz CT molecular complexity index is 1150. The zero-order chi connectivity index (χ0) is 22.8. The molecule has 1 fully saturated rings. The lowest BCUT2D eigenvalue weighted by Gasteiger charge is -2.16. The molecule has 1 saturated heterocycles. The average Bonchev–Trinajstić information content (AvgIpc) is 3.57. The van der Waals surface area contributed by atoms with E-state index >= 15 is 0 Å². The van der Waals surface area contributed by atoms with Crippen molar-refractivity contribution in [2.45, 2.75) is 42.8 Å². The van der Waals surface area contributed by atoms with Crippen LogP contribution in [0.1, 0.15) is 19.8 Å². The molecule has 0 spiro atoms. The lowest BCUT2D eigenvalue weighted by atomic mass is 10.2. The van der Waals surface area contributed by atoms with Crippen LogP contribution in [0.25, 0.3) is 11.4 Å². The van der Waals surface area contributed by atoms with Gasteiger partial charge in [-0.3, -0.25) is 9.36 Å². The highest BCUT2D eigenvalue weighted by Crippen LogP contribution is 2.35. The van der Waals surface area contributed by atoms with Crippen LogP contribution in [-0.2, 0) is 16.1 Å². The van der Waals surface area contributed by atoms with Gasteiger partial charge < -0.3 is 19.5 Å². The van der Waals surface area contributed by atoms with Crippen LogP contribution in [-0.4, -0.2) is 45.4 Å². The summed E-state index contributed by atoms with van der Waals surface area (Å²) >= 11 is 7.42. The Morgan fingerprint density at radius 3 is 2.82 bits per heavy atom. The fourth-order valence-corrected chi connectivity index (χ4v) is 4.76. The van der Waals surface area contributed by atoms with Crippen molar-refractivity contribution in [2.24, 2.45) is 0 Å². The number of amides is 1. The number of hydrogen-bond acceptors (Lipinski definition) is 7. The lowest BCUT2D eigenvalue weighted by Crippen LogP contribution is -2.23. The maximum Gasteiger partial charge on any atom is 0.237 e. The highest BCUT2D eigenvalue weighted by Gasteiger charge is 2.25. The molecule has 0 bridgehead atoms.